The summed E-state index contributed by atoms with van der Waals surface area (Å²) in [7, 11) is 0. The molecule has 2 aliphatic rings. The largest absolute Gasteiger partial charge is 0.313 e. The summed E-state index contributed by atoms with van der Waals surface area (Å²) in [5.74, 6) is 0. The molecule has 0 radical (unpaired) electrons. The van der Waals surface area contributed by atoms with Gasteiger partial charge in [0.2, 0.25) is 0 Å². The van der Waals surface area contributed by atoms with Gasteiger partial charge in [0.25, 0.3) is 0 Å². The number of benzene rings is 6. The highest BCUT2D eigenvalue weighted by Crippen LogP contribution is 2.39. The first-order chi connectivity index (χ1) is 25.2. The van der Waals surface area contributed by atoms with E-state index >= 15 is 0 Å². The fraction of sp³-hybridized carbons (Fsp3) is 0.0612. The third-order valence-electron chi connectivity index (χ3n) is 10.7. The highest BCUT2D eigenvalue weighted by Gasteiger charge is 2.20. The smallest absolute Gasteiger partial charge is 0.0541 e. The van der Waals surface area contributed by atoms with Crippen LogP contribution in [0.5, 0.6) is 0 Å². The van der Waals surface area contributed by atoms with E-state index < -0.39 is 0 Å². The van der Waals surface area contributed by atoms with Gasteiger partial charge in [-0.25, -0.2) is 0 Å². The highest BCUT2D eigenvalue weighted by atomic mass is 15.0. The maximum atomic E-state index is 2.46. The van der Waals surface area contributed by atoms with Crippen molar-refractivity contribution in [2.75, 3.05) is 0 Å². The van der Waals surface area contributed by atoms with Crippen molar-refractivity contribution in [1.29, 1.82) is 0 Å². The first-order valence-corrected chi connectivity index (χ1v) is 17.9. The van der Waals surface area contributed by atoms with Gasteiger partial charge in [-0.1, -0.05) is 115 Å². The average molecular weight is 653 g/mol. The predicted molar refractivity (Wildman–Crippen MR) is 218 cm³/mol. The van der Waals surface area contributed by atoms with Gasteiger partial charge in [0.15, 0.2) is 0 Å². The van der Waals surface area contributed by atoms with Crippen molar-refractivity contribution >= 4 is 56.0 Å². The molecule has 0 spiro atoms. The molecule has 0 aliphatic heterocycles. The quantitative estimate of drug-likeness (QED) is 0.179. The van der Waals surface area contributed by atoms with E-state index in [-0.39, 0.29) is 0 Å². The molecule has 6 aromatic carbocycles. The molecule has 0 fully saturated rings. The van der Waals surface area contributed by atoms with Crippen LogP contribution in [0.2, 0.25) is 0 Å². The summed E-state index contributed by atoms with van der Waals surface area (Å²) in [5.41, 5.74) is 17.5. The topological polar surface area (TPSA) is 9.86 Å². The summed E-state index contributed by atoms with van der Waals surface area (Å²) in [6, 6.07) is 51.0. The summed E-state index contributed by atoms with van der Waals surface area (Å²) in [4.78, 5) is 0. The fourth-order valence-electron chi connectivity index (χ4n) is 8.30. The third kappa shape index (κ3) is 4.87. The molecule has 0 unspecified atom stereocenters. The fourth-order valence-corrected chi connectivity index (χ4v) is 8.30. The Balaban J connectivity index is 1.05. The van der Waals surface area contributed by atoms with Gasteiger partial charge < -0.3 is 9.13 Å². The molecule has 242 valence electrons. The van der Waals surface area contributed by atoms with E-state index in [1.807, 2.05) is 0 Å². The Labute approximate surface area is 298 Å². The normalized spacial score (nSPS) is 16.6. The van der Waals surface area contributed by atoms with E-state index in [0.29, 0.717) is 0 Å². The van der Waals surface area contributed by atoms with Crippen LogP contribution in [0.15, 0.2) is 164 Å². The third-order valence-corrected chi connectivity index (χ3v) is 10.7. The summed E-state index contributed by atoms with van der Waals surface area (Å²) in [6.07, 6.45) is 15.8. The van der Waals surface area contributed by atoms with Crippen LogP contribution >= 0.6 is 0 Å². The van der Waals surface area contributed by atoms with E-state index in [1.54, 1.807) is 0 Å². The lowest BCUT2D eigenvalue weighted by Gasteiger charge is -2.14. The minimum Gasteiger partial charge on any atom is -0.313 e. The second-order valence-electron chi connectivity index (χ2n) is 13.7. The molecule has 8 aromatic rings. The first kappa shape index (κ1) is 29.5. The molecular weight excluding hydrogens is 617 g/mol. The molecule has 0 N–H and O–H groups in total. The van der Waals surface area contributed by atoms with Crippen molar-refractivity contribution < 1.29 is 0 Å². The molecule has 10 rings (SSSR count). The van der Waals surface area contributed by atoms with Gasteiger partial charge >= 0.3 is 0 Å². The Hall–Kier alpha value is -6.38. The zero-order valence-electron chi connectivity index (χ0n) is 28.6. The van der Waals surface area contributed by atoms with Crippen molar-refractivity contribution in [3.8, 4) is 22.5 Å². The van der Waals surface area contributed by atoms with Crippen molar-refractivity contribution in [1.82, 2.24) is 9.13 Å². The van der Waals surface area contributed by atoms with Gasteiger partial charge in [-0.15, -0.1) is 0 Å². The SMILES string of the molecule is C\C1=C/C(c2ccc3c(c2)c2c(n3-c3ccccc3)CCC=C2)=C\C=C/c2ccc(-c3ccc4c(c3)c3ccccc3n4-c3ccccc3)cc21. The lowest BCUT2D eigenvalue weighted by Crippen LogP contribution is -2.02. The summed E-state index contributed by atoms with van der Waals surface area (Å²) in [5, 5.41) is 3.85. The Morgan fingerprint density at radius 2 is 1.18 bits per heavy atom. The van der Waals surface area contributed by atoms with Gasteiger partial charge in [-0.05, 0) is 119 Å². The van der Waals surface area contributed by atoms with Gasteiger partial charge in [0.05, 0.1) is 16.6 Å². The lowest BCUT2D eigenvalue weighted by atomic mass is 9.90. The number of allylic oxidation sites excluding steroid dienone is 6. The van der Waals surface area contributed by atoms with Crippen molar-refractivity contribution in [3.05, 3.63) is 192 Å². The van der Waals surface area contributed by atoms with Crippen LogP contribution in [0.3, 0.4) is 0 Å². The van der Waals surface area contributed by atoms with E-state index in [1.165, 1.54) is 94.3 Å². The predicted octanol–water partition coefficient (Wildman–Crippen LogP) is 12.9. The second kappa shape index (κ2) is 11.9. The van der Waals surface area contributed by atoms with Crippen LogP contribution in [0, 0.1) is 0 Å². The molecule has 2 heteroatoms. The number of nitrogens with zero attached hydrogens (tertiary/aromatic N) is 2. The summed E-state index contributed by atoms with van der Waals surface area (Å²) < 4.78 is 4.83. The van der Waals surface area contributed by atoms with Gasteiger partial charge in [-0.2, -0.15) is 0 Å². The van der Waals surface area contributed by atoms with E-state index in [0.717, 1.165) is 12.8 Å². The molecule has 2 aromatic heterocycles. The minimum absolute atomic E-state index is 1.05. The molecule has 2 nitrogen and oxygen atoms in total. The van der Waals surface area contributed by atoms with Crippen molar-refractivity contribution in [3.63, 3.8) is 0 Å². The van der Waals surface area contributed by atoms with Crippen LogP contribution in [0.4, 0.5) is 0 Å². The Morgan fingerprint density at radius 3 is 2.00 bits per heavy atom. The van der Waals surface area contributed by atoms with E-state index in [2.05, 4.69) is 192 Å². The summed E-state index contributed by atoms with van der Waals surface area (Å²) in [6.45, 7) is 2.25. The van der Waals surface area contributed by atoms with Gasteiger partial charge in [0.1, 0.15) is 0 Å². The molecule has 0 amide bonds. The number of rotatable bonds is 4. The molecule has 0 saturated carbocycles. The number of para-hydroxylation sites is 3. The number of aromatic nitrogens is 2. The maximum Gasteiger partial charge on any atom is 0.0541 e. The number of hydrogen-bond donors (Lipinski definition) is 0. The van der Waals surface area contributed by atoms with Crippen molar-refractivity contribution in [2.24, 2.45) is 0 Å². The maximum absolute atomic E-state index is 2.46. The molecular formula is C49H36N2. The molecule has 51 heavy (non-hydrogen) atoms. The molecule has 0 saturated heterocycles. The van der Waals surface area contributed by atoms with Crippen LogP contribution in [-0.2, 0) is 6.42 Å². The molecule has 2 heterocycles. The van der Waals surface area contributed by atoms with Crippen LogP contribution in [0.1, 0.15) is 41.3 Å². The van der Waals surface area contributed by atoms with E-state index in [9.17, 15) is 0 Å². The molecule has 0 bridgehead atoms. The number of fused-ring (bicyclic) bond motifs is 7. The molecule has 2 aliphatic carbocycles. The van der Waals surface area contributed by atoms with Gasteiger partial charge in [0, 0.05) is 38.8 Å². The monoisotopic (exact) mass is 652 g/mol. The van der Waals surface area contributed by atoms with Gasteiger partial charge in [-0.3, -0.25) is 0 Å². The first-order valence-electron chi connectivity index (χ1n) is 17.9. The van der Waals surface area contributed by atoms with Crippen LogP contribution in [0.25, 0.3) is 78.5 Å². The zero-order chi connectivity index (χ0) is 33.9. The van der Waals surface area contributed by atoms with Crippen molar-refractivity contribution in [2.45, 2.75) is 19.8 Å². The molecule has 0 atom stereocenters. The zero-order valence-corrected chi connectivity index (χ0v) is 28.6. The van der Waals surface area contributed by atoms with Crippen LogP contribution in [-0.4, -0.2) is 9.13 Å². The van der Waals surface area contributed by atoms with E-state index in [4.69, 9.17) is 0 Å². The van der Waals surface area contributed by atoms with Crippen LogP contribution < -0.4 is 0 Å². The standard InChI is InChI=1S/C49H36N2/c1-33-29-35(37-25-27-48-44(31-37)41-19-8-10-21-46(41)50(48)39-15-4-2-5-16-39)14-12-13-34-23-24-36(30-43(33)34)38-26-28-49-45(32-38)42-20-9-11-22-47(42)51(49)40-17-6-3-7-18-40/h2-9,11-20,22-32H,10,21H2,1H3/b13-12-,14-12?,33-29+,34-13?,35-14+,35-29?,43-33?. The number of hydrogen-bond acceptors (Lipinski definition) is 0. The summed E-state index contributed by atoms with van der Waals surface area (Å²) >= 11 is 0. The Kier molecular flexibility index (Phi) is 6.89. The Morgan fingerprint density at radius 1 is 0.529 bits per heavy atom. The highest BCUT2D eigenvalue weighted by molar-refractivity contribution is 6.10. The average Bonchev–Trinajstić information content (AvgIpc) is 3.69. The lowest BCUT2D eigenvalue weighted by molar-refractivity contribution is 0.888. The second-order valence-corrected chi connectivity index (χ2v) is 13.7. The minimum atomic E-state index is 1.05. The Bertz CT molecular complexity index is 2780.